The highest BCUT2D eigenvalue weighted by Gasteiger charge is 2.34. The van der Waals surface area contributed by atoms with Crippen LogP contribution in [0.5, 0.6) is 0 Å². The van der Waals surface area contributed by atoms with Crippen LogP contribution in [0.15, 0.2) is 54.6 Å². The molecule has 1 N–H and O–H groups in total. The number of para-hydroxylation sites is 1. The first-order valence-corrected chi connectivity index (χ1v) is 14.5. The molecule has 1 atom stereocenters. The van der Waals surface area contributed by atoms with Gasteiger partial charge in [-0.05, 0) is 43.0 Å². The fourth-order valence-corrected chi connectivity index (χ4v) is 5.84. The van der Waals surface area contributed by atoms with Gasteiger partial charge >= 0.3 is 10.2 Å². The molecule has 37 heavy (non-hydrogen) atoms. The summed E-state index contributed by atoms with van der Waals surface area (Å²) in [7, 11) is -1.14. The number of carbonyl (C=O) groups is 2. The number of halogens is 1. The Morgan fingerprint density at radius 1 is 1.00 bits per heavy atom. The number of nitrogens with one attached hydrogen (secondary N) is 1. The van der Waals surface area contributed by atoms with E-state index < -0.39 is 28.7 Å². The molecule has 1 saturated carbocycles. The van der Waals surface area contributed by atoms with E-state index in [0.717, 1.165) is 40.7 Å². The van der Waals surface area contributed by atoms with Crippen molar-refractivity contribution >= 4 is 39.3 Å². The Kier molecular flexibility index (Phi) is 10.4. The van der Waals surface area contributed by atoms with Gasteiger partial charge in [-0.1, -0.05) is 74.2 Å². The topological polar surface area (TPSA) is 90.0 Å². The van der Waals surface area contributed by atoms with Gasteiger partial charge < -0.3 is 10.2 Å². The maximum absolute atomic E-state index is 13.9. The Morgan fingerprint density at radius 3 is 2.22 bits per heavy atom. The van der Waals surface area contributed by atoms with Gasteiger partial charge in [-0.15, -0.1) is 0 Å². The van der Waals surface area contributed by atoms with Crippen molar-refractivity contribution in [3.8, 4) is 0 Å². The van der Waals surface area contributed by atoms with Crippen LogP contribution in [0.3, 0.4) is 0 Å². The van der Waals surface area contributed by atoms with E-state index in [0.29, 0.717) is 22.7 Å². The minimum absolute atomic E-state index is 0.0831. The molecule has 0 aromatic heterocycles. The summed E-state index contributed by atoms with van der Waals surface area (Å²) in [6.45, 7) is 1.48. The maximum Gasteiger partial charge on any atom is 0.304 e. The van der Waals surface area contributed by atoms with Gasteiger partial charge in [-0.25, -0.2) is 4.31 Å². The zero-order chi connectivity index (χ0) is 27.0. The lowest BCUT2D eigenvalue weighted by atomic mass is 9.95. The molecule has 0 heterocycles. The molecule has 0 aliphatic heterocycles. The molecule has 0 bridgehead atoms. The summed E-state index contributed by atoms with van der Waals surface area (Å²) in [4.78, 5) is 28.8. The Bertz CT molecular complexity index is 1150. The molecule has 1 aliphatic carbocycles. The summed E-state index contributed by atoms with van der Waals surface area (Å²) in [6, 6.07) is 14.9. The predicted octanol–water partition coefficient (Wildman–Crippen LogP) is 4.21. The average Bonchev–Trinajstić information content (AvgIpc) is 2.89. The summed E-state index contributed by atoms with van der Waals surface area (Å²) in [5.41, 5.74) is 1.05. The monoisotopic (exact) mass is 548 g/mol. The van der Waals surface area contributed by atoms with Gasteiger partial charge in [0.25, 0.3) is 0 Å². The van der Waals surface area contributed by atoms with Crippen LogP contribution >= 0.6 is 11.6 Å². The number of anilines is 1. The molecule has 1 fully saturated rings. The van der Waals surface area contributed by atoms with E-state index in [9.17, 15) is 18.0 Å². The molecule has 1 aliphatic rings. The Hall–Kier alpha value is -2.62. The number of benzene rings is 2. The van der Waals surface area contributed by atoms with Crippen LogP contribution in [-0.2, 0) is 26.3 Å². The third kappa shape index (κ3) is 7.46. The van der Waals surface area contributed by atoms with E-state index >= 15 is 0 Å². The highest BCUT2D eigenvalue weighted by molar-refractivity contribution is 7.90. The standard InChI is InChI=1S/C27H37ClN4O4S/c1-4-25(27(34)29-22-14-7-5-8-15-22)31(19-21-13-11-12-18-24(21)28)26(33)20-32(37(35,36)30(2)3)23-16-9-6-10-17-23/h6,9-13,16-18,22,25H,4-5,7-8,14-15,19-20H2,1-3H3,(H,29,34)/t25-/m0/s1. The zero-order valence-corrected chi connectivity index (χ0v) is 23.3. The molecule has 202 valence electrons. The van der Waals surface area contributed by atoms with Gasteiger partial charge in [-0.3, -0.25) is 9.59 Å². The minimum atomic E-state index is -3.98. The summed E-state index contributed by atoms with van der Waals surface area (Å²) in [5, 5.41) is 3.61. The third-order valence-electron chi connectivity index (χ3n) is 6.70. The van der Waals surface area contributed by atoms with Crippen LogP contribution in [0.2, 0.25) is 5.02 Å². The van der Waals surface area contributed by atoms with Crippen LogP contribution in [0.1, 0.15) is 51.0 Å². The van der Waals surface area contributed by atoms with E-state index in [1.54, 1.807) is 48.5 Å². The van der Waals surface area contributed by atoms with E-state index in [4.69, 9.17) is 11.6 Å². The number of hydrogen-bond donors (Lipinski definition) is 1. The summed E-state index contributed by atoms with van der Waals surface area (Å²) >= 11 is 6.42. The molecule has 0 radical (unpaired) electrons. The largest absolute Gasteiger partial charge is 0.352 e. The molecule has 2 amide bonds. The van der Waals surface area contributed by atoms with Crippen molar-refractivity contribution in [1.29, 1.82) is 0 Å². The highest BCUT2D eigenvalue weighted by atomic mass is 35.5. The number of amides is 2. The first-order chi connectivity index (χ1) is 17.6. The molecule has 8 nitrogen and oxygen atoms in total. The smallest absolute Gasteiger partial charge is 0.304 e. The minimum Gasteiger partial charge on any atom is -0.352 e. The van der Waals surface area contributed by atoms with E-state index in [1.807, 2.05) is 13.0 Å². The summed E-state index contributed by atoms with van der Waals surface area (Å²) in [5.74, 6) is -0.712. The van der Waals surface area contributed by atoms with Gasteiger partial charge in [0, 0.05) is 31.7 Å². The predicted molar refractivity (Wildman–Crippen MR) is 147 cm³/mol. The second-order valence-electron chi connectivity index (χ2n) is 9.51. The number of nitrogens with zero attached hydrogens (tertiary/aromatic N) is 3. The highest BCUT2D eigenvalue weighted by Crippen LogP contribution is 2.24. The summed E-state index contributed by atoms with van der Waals surface area (Å²) in [6.07, 6.45) is 5.51. The van der Waals surface area contributed by atoms with Crippen LogP contribution in [0.25, 0.3) is 0 Å². The number of carbonyl (C=O) groups excluding carboxylic acids is 2. The Balaban J connectivity index is 1.95. The zero-order valence-electron chi connectivity index (χ0n) is 21.8. The fourth-order valence-electron chi connectivity index (χ4n) is 4.59. The van der Waals surface area contributed by atoms with Gasteiger partial charge in [-0.2, -0.15) is 12.7 Å². The third-order valence-corrected chi connectivity index (χ3v) is 8.89. The van der Waals surface area contributed by atoms with Crippen LogP contribution in [-0.4, -0.2) is 62.2 Å². The second kappa shape index (κ2) is 13.3. The maximum atomic E-state index is 13.9. The van der Waals surface area contributed by atoms with E-state index in [1.165, 1.54) is 19.0 Å². The van der Waals surface area contributed by atoms with E-state index in [2.05, 4.69) is 5.32 Å². The SMILES string of the molecule is CC[C@@H](C(=O)NC1CCCCC1)N(Cc1ccccc1Cl)C(=O)CN(c1ccccc1)S(=O)(=O)N(C)C. The fraction of sp³-hybridized carbons (Fsp3) is 0.481. The molecule has 2 aromatic rings. The molecule has 0 saturated heterocycles. The number of hydrogen-bond acceptors (Lipinski definition) is 4. The summed E-state index contributed by atoms with van der Waals surface area (Å²) < 4.78 is 28.6. The molecule has 0 unspecified atom stereocenters. The van der Waals surface area contributed by atoms with Gasteiger partial charge in [0.1, 0.15) is 12.6 Å². The molecule has 10 heteroatoms. The van der Waals surface area contributed by atoms with Gasteiger partial charge in [0.05, 0.1) is 5.69 Å². The van der Waals surface area contributed by atoms with Crippen molar-refractivity contribution in [1.82, 2.24) is 14.5 Å². The van der Waals surface area contributed by atoms with Crippen molar-refractivity contribution in [3.05, 3.63) is 65.2 Å². The lowest BCUT2D eigenvalue weighted by Gasteiger charge is -2.35. The number of rotatable bonds is 11. The molecular formula is C27H37ClN4O4S. The van der Waals surface area contributed by atoms with Crippen LogP contribution in [0, 0.1) is 0 Å². The lowest BCUT2D eigenvalue weighted by Crippen LogP contribution is -2.54. The quantitative estimate of drug-likeness (QED) is 0.455. The molecular weight excluding hydrogens is 512 g/mol. The Morgan fingerprint density at radius 2 is 1.62 bits per heavy atom. The average molecular weight is 549 g/mol. The first-order valence-electron chi connectivity index (χ1n) is 12.7. The van der Waals surface area contributed by atoms with Crippen molar-refractivity contribution in [2.45, 2.75) is 64.1 Å². The van der Waals surface area contributed by atoms with Crippen molar-refractivity contribution in [2.24, 2.45) is 0 Å². The van der Waals surface area contributed by atoms with Crippen molar-refractivity contribution in [2.75, 3.05) is 24.9 Å². The molecule has 0 spiro atoms. The molecule has 2 aromatic carbocycles. The normalized spacial score (nSPS) is 15.3. The van der Waals surface area contributed by atoms with E-state index in [-0.39, 0.29) is 18.5 Å². The van der Waals surface area contributed by atoms with Crippen LogP contribution in [0.4, 0.5) is 5.69 Å². The van der Waals surface area contributed by atoms with Gasteiger partial charge in [0.15, 0.2) is 0 Å². The molecule has 3 rings (SSSR count). The van der Waals surface area contributed by atoms with Crippen molar-refractivity contribution in [3.63, 3.8) is 0 Å². The lowest BCUT2D eigenvalue weighted by molar-refractivity contribution is -0.140. The van der Waals surface area contributed by atoms with Crippen LogP contribution < -0.4 is 9.62 Å². The van der Waals surface area contributed by atoms with Crippen molar-refractivity contribution < 1.29 is 18.0 Å². The Labute approximate surface area is 225 Å². The van der Waals surface area contributed by atoms with Gasteiger partial charge in [0.2, 0.25) is 11.8 Å². The second-order valence-corrected chi connectivity index (χ2v) is 12.0. The first kappa shape index (κ1) is 28.9.